The molecule has 0 unspecified atom stereocenters. The number of nitrogens with zero attached hydrogens (tertiary/aromatic N) is 1. The lowest BCUT2D eigenvalue weighted by atomic mass is 9.92. The highest BCUT2D eigenvalue weighted by Gasteiger charge is 2.26. The van der Waals surface area contributed by atoms with Gasteiger partial charge in [0.05, 0.1) is 23.2 Å². The summed E-state index contributed by atoms with van der Waals surface area (Å²) in [7, 11) is 0. The summed E-state index contributed by atoms with van der Waals surface area (Å²) in [6, 6.07) is 7.46. The minimum atomic E-state index is -0.754. The molecule has 0 aliphatic carbocycles. The van der Waals surface area contributed by atoms with Crippen molar-refractivity contribution in [1.29, 1.82) is 0 Å². The number of nitrogens with one attached hydrogen (secondary N) is 1. The summed E-state index contributed by atoms with van der Waals surface area (Å²) in [4.78, 5) is 28.0. The minimum absolute atomic E-state index is 0.276. The number of rotatable bonds is 6. The molecule has 0 spiro atoms. The van der Waals surface area contributed by atoms with Gasteiger partial charge in [0, 0.05) is 18.1 Å². The van der Waals surface area contributed by atoms with Crippen LogP contribution in [0.3, 0.4) is 0 Å². The van der Waals surface area contributed by atoms with E-state index in [0.29, 0.717) is 17.8 Å². The molecular weight excluding hydrogens is 294 g/mol. The van der Waals surface area contributed by atoms with Gasteiger partial charge in [-0.2, -0.15) is 0 Å². The third-order valence-corrected chi connectivity index (χ3v) is 3.64. The van der Waals surface area contributed by atoms with Crippen LogP contribution in [0.1, 0.15) is 31.1 Å². The Bertz CT molecular complexity index is 741. The lowest BCUT2D eigenvalue weighted by Gasteiger charge is -2.23. The second-order valence-corrected chi connectivity index (χ2v) is 5.89. The van der Waals surface area contributed by atoms with Crippen LogP contribution in [0.2, 0.25) is 0 Å². The maximum Gasteiger partial charge on any atom is 0.341 e. The van der Waals surface area contributed by atoms with Gasteiger partial charge in [-0.25, -0.2) is 4.79 Å². The molecule has 0 saturated carbocycles. The van der Waals surface area contributed by atoms with Crippen LogP contribution in [0.4, 0.5) is 5.69 Å². The first-order chi connectivity index (χ1) is 10.9. The number of pyridine rings is 1. The van der Waals surface area contributed by atoms with Gasteiger partial charge < -0.3 is 15.8 Å². The molecule has 3 N–H and O–H groups in total. The van der Waals surface area contributed by atoms with Crippen molar-refractivity contribution in [2.75, 3.05) is 18.5 Å². The molecule has 0 fully saturated rings. The van der Waals surface area contributed by atoms with Gasteiger partial charge in [-0.15, -0.1) is 0 Å². The number of carbonyl (C=O) groups excluding carboxylic acids is 2. The number of carbonyl (C=O) groups is 2. The van der Waals surface area contributed by atoms with Gasteiger partial charge in [-0.1, -0.05) is 18.2 Å². The van der Waals surface area contributed by atoms with Crippen LogP contribution >= 0.6 is 0 Å². The molecular formula is C17H21N3O3. The summed E-state index contributed by atoms with van der Waals surface area (Å²) >= 11 is 0. The predicted octanol–water partition coefficient (Wildman–Crippen LogP) is 2.33. The molecule has 2 aromatic rings. The van der Waals surface area contributed by atoms with Gasteiger partial charge in [0.15, 0.2) is 0 Å². The van der Waals surface area contributed by atoms with Crippen LogP contribution in [-0.2, 0) is 9.53 Å². The van der Waals surface area contributed by atoms with Crippen molar-refractivity contribution in [3.8, 4) is 0 Å². The van der Waals surface area contributed by atoms with Crippen molar-refractivity contribution in [2.24, 2.45) is 11.1 Å². The molecule has 1 heterocycles. The fourth-order valence-corrected chi connectivity index (χ4v) is 2.09. The first-order valence-corrected chi connectivity index (χ1v) is 7.45. The number of esters is 1. The average molecular weight is 315 g/mol. The third-order valence-electron chi connectivity index (χ3n) is 3.64. The van der Waals surface area contributed by atoms with Gasteiger partial charge in [0.25, 0.3) is 0 Å². The molecule has 0 radical (unpaired) electrons. The smallest absolute Gasteiger partial charge is 0.341 e. The Morgan fingerprint density at radius 2 is 2.00 bits per heavy atom. The van der Waals surface area contributed by atoms with E-state index in [0.717, 1.165) is 10.9 Å². The predicted molar refractivity (Wildman–Crippen MR) is 89.2 cm³/mol. The molecule has 6 heteroatoms. The quantitative estimate of drug-likeness (QED) is 0.798. The molecule has 1 amide bonds. The number of benzene rings is 1. The maximum absolute atomic E-state index is 12.2. The Labute approximate surface area is 135 Å². The number of para-hydroxylation sites is 1. The summed E-state index contributed by atoms with van der Waals surface area (Å²) in [6.07, 6.45) is 1.49. The van der Waals surface area contributed by atoms with Crippen molar-refractivity contribution >= 4 is 28.5 Å². The Morgan fingerprint density at radius 1 is 1.30 bits per heavy atom. The lowest BCUT2D eigenvalue weighted by Crippen LogP contribution is -2.37. The van der Waals surface area contributed by atoms with E-state index in [2.05, 4.69) is 10.3 Å². The Balaban J connectivity index is 2.47. The number of hydrogen-bond donors (Lipinski definition) is 2. The fraction of sp³-hybridized carbons (Fsp3) is 0.353. The molecule has 1 aromatic heterocycles. The number of fused-ring (bicyclic) bond motifs is 1. The lowest BCUT2D eigenvalue weighted by molar-refractivity contribution is -0.125. The van der Waals surface area contributed by atoms with Crippen LogP contribution in [-0.4, -0.2) is 30.0 Å². The highest BCUT2D eigenvalue weighted by Crippen LogP contribution is 2.28. The highest BCUT2D eigenvalue weighted by atomic mass is 16.5. The van der Waals surface area contributed by atoms with E-state index < -0.39 is 17.3 Å². The van der Waals surface area contributed by atoms with E-state index in [1.54, 1.807) is 20.8 Å². The Morgan fingerprint density at radius 3 is 2.65 bits per heavy atom. The maximum atomic E-state index is 12.2. The standard InChI is InChI=1S/C17H21N3O3/c1-4-23-15(21)12-9-19-13-8-6-5-7-11(13)14(12)20-10-17(2,3)16(18)22/h5-9H,4,10H2,1-3H3,(H2,18,22)(H,19,20). The number of hydrogen-bond acceptors (Lipinski definition) is 5. The number of primary amides is 1. The Hall–Kier alpha value is -2.63. The molecule has 0 aliphatic rings. The topological polar surface area (TPSA) is 94.3 Å². The van der Waals surface area contributed by atoms with Crippen LogP contribution in [0, 0.1) is 5.41 Å². The third kappa shape index (κ3) is 3.59. The van der Waals surface area contributed by atoms with Crippen molar-refractivity contribution in [3.05, 3.63) is 36.0 Å². The molecule has 0 bridgehead atoms. The van der Waals surface area contributed by atoms with E-state index in [-0.39, 0.29) is 6.61 Å². The SMILES string of the molecule is CCOC(=O)c1cnc2ccccc2c1NCC(C)(C)C(N)=O. The molecule has 0 aliphatic heterocycles. The molecule has 6 nitrogen and oxygen atoms in total. The van der Waals surface area contributed by atoms with Crippen LogP contribution < -0.4 is 11.1 Å². The Kier molecular flexibility index (Phi) is 4.83. The number of anilines is 1. The zero-order valence-corrected chi connectivity index (χ0v) is 13.6. The van der Waals surface area contributed by atoms with E-state index in [9.17, 15) is 9.59 Å². The van der Waals surface area contributed by atoms with Crippen LogP contribution in [0.25, 0.3) is 10.9 Å². The molecule has 2 rings (SSSR count). The molecule has 0 atom stereocenters. The van der Waals surface area contributed by atoms with Gasteiger partial charge in [0.2, 0.25) is 5.91 Å². The first-order valence-electron chi connectivity index (χ1n) is 7.45. The molecule has 23 heavy (non-hydrogen) atoms. The van der Waals surface area contributed by atoms with Crippen molar-refractivity contribution in [1.82, 2.24) is 4.98 Å². The molecule has 1 aromatic carbocycles. The normalized spacial score (nSPS) is 11.3. The van der Waals surface area contributed by atoms with E-state index >= 15 is 0 Å². The molecule has 122 valence electrons. The van der Waals surface area contributed by atoms with Gasteiger partial charge in [0.1, 0.15) is 5.56 Å². The van der Waals surface area contributed by atoms with E-state index in [1.165, 1.54) is 6.20 Å². The van der Waals surface area contributed by atoms with Gasteiger partial charge in [-0.05, 0) is 26.8 Å². The average Bonchev–Trinajstić information content (AvgIpc) is 2.52. The van der Waals surface area contributed by atoms with E-state index in [1.807, 2.05) is 24.3 Å². The fourth-order valence-electron chi connectivity index (χ4n) is 2.09. The zero-order valence-electron chi connectivity index (χ0n) is 13.6. The van der Waals surface area contributed by atoms with Gasteiger partial charge in [-0.3, -0.25) is 9.78 Å². The van der Waals surface area contributed by atoms with Crippen LogP contribution in [0.5, 0.6) is 0 Å². The zero-order chi connectivity index (χ0) is 17.0. The number of nitrogens with two attached hydrogens (primary N) is 1. The van der Waals surface area contributed by atoms with Crippen molar-refractivity contribution in [2.45, 2.75) is 20.8 Å². The van der Waals surface area contributed by atoms with Crippen molar-refractivity contribution < 1.29 is 14.3 Å². The largest absolute Gasteiger partial charge is 0.462 e. The summed E-state index contributed by atoms with van der Waals surface area (Å²) in [5, 5.41) is 3.97. The van der Waals surface area contributed by atoms with Crippen molar-refractivity contribution in [3.63, 3.8) is 0 Å². The van der Waals surface area contributed by atoms with Gasteiger partial charge >= 0.3 is 5.97 Å². The number of ether oxygens (including phenoxy) is 1. The monoisotopic (exact) mass is 315 g/mol. The first kappa shape index (κ1) is 16.7. The molecule has 0 saturated heterocycles. The summed E-state index contributed by atoms with van der Waals surface area (Å²) in [5.74, 6) is -0.869. The minimum Gasteiger partial charge on any atom is -0.462 e. The second kappa shape index (κ2) is 6.64. The van der Waals surface area contributed by atoms with Crippen LogP contribution in [0.15, 0.2) is 30.5 Å². The summed E-state index contributed by atoms with van der Waals surface area (Å²) < 4.78 is 5.09. The highest BCUT2D eigenvalue weighted by molar-refractivity contribution is 6.05. The second-order valence-electron chi connectivity index (χ2n) is 5.89. The van der Waals surface area contributed by atoms with E-state index in [4.69, 9.17) is 10.5 Å². The number of aromatic nitrogens is 1. The number of amides is 1. The summed E-state index contributed by atoms with van der Waals surface area (Å²) in [6.45, 7) is 5.81. The summed E-state index contributed by atoms with van der Waals surface area (Å²) in [5.41, 5.74) is 6.35.